The summed E-state index contributed by atoms with van der Waals surface area (Å²) in [7, 11) is 0. The molecule has 1 aliphatic carbocycles. The summed E-state index contributed by atoms with van der Waals surface area (Å²) in [5, 5.41) is 3.46. The third-order valence-corrected chi connectivity index (χ3v) is 4.50. The third kappa shape index (κ3) is 1.67. The molecule has 1 aromatic carbocycles. The first-order valence-corrected chi connectivity index (χ1v) is 6.61. The van der Waals surface area contributed by atoms with Gasteiger partial charge in [0.25, 0.3) is 0 Å². The fourth-order valence-corrected chi connectivity index (χ4v) is 3.21. The lowest BCUT2D eigenvalue weighted by Crippen LogP contribution is -2.37. The highest BCUT2D eigenvalue weighted by atomic mass is 14.9. The number of piperidine rings is 1. The predicted octanol–water partition coefficient (Wildman–Crippen LogP) is 2.82. The van der Waals surface area contributed by atoms with Crippen LogP contribution in [-0.2, 0) is 18.3 Å². The number of benzene rings is 1. The predicted molar refractivity (Wildman–Crippen MR) is 67.9 cm³/mol. The van der Waals surface area contributed by atoms with E-state index in [1.165, 1.54) is 45.2 Å². The van der Waals surface area contributed by atoms with Crippen LogP contribution in [-0.4, -0.2) is 13.1 Å². The average Bonchev–Trinajstić information content (AvgIpc) is 2.77. The van der Waals surface area contributed by atoms with Crippen LogP contribution in [0, 0.1) is 0 Å². The van der Waals surface area contributed by atoms with Gasteiger partial charge in [-0.1, -0.05) is 25.1 Å². The normalized spacial score (nSPS) is 23.1. The van der Waals surface area contributed by atoms with Crippen molar-refractivity contribution < 1.29 is 0 Å². The Morgan fingerprint density at radius 1 is 1.06 bits per heavy atom. The fraction of sp³-hybridized carbons (Fsp3) is 0.600. The largest absolute Gasteiger partial charge is 0.317 e. The van der Waals surface area contributed by atoms with Crippen molar-refractivity contribution >= 4 is 0 Å². The van der Waals surface area contributed by atoms with Crippen LogP contribution in [0.3, 0.4) is 0 Å². The second kappa shape index (κ2) is 3.89. The maximum absolute atomic E-state index is 3.46. The minimum atomic E-state index is 0.420. The van der Waals surface area contributed by atoms with Gasteiger partial charge < -0.3 is 5.32 Å². The molecule has 1 nitrogen and oxygen atoms in total. The quantitative estimate of drug-likeness (QED) is 0.759. The maximum Gasteiger partial charge on any atom is -0.00405 e. The van der Waals surface area contributed by atoms with Gasteiger partial charge >= 0.3 is 0 Å². The first-order valence-electron chi connectivity index (χ1n) is 6.61. The summed E-state index contributed by atoms with van der Waals surface area (Å²) in [5.74, 6) is 0. The number of aryl methyl sites for hydroxylation is 2. The van der Waals surface area contributed by atoms with Crippen LogP contribution < -0.4 is 5.32 Å². The summed E-state index contributed by atoms with van der Waals surface area (Å²) < 4.78 is 0. The van der Waals surface area contributed by atoms with Gasteiger partial charge in [-0.15, -0.1) is 0 Å². The van der Waals surface area contributed by atoms with Gasteiger partial charge in [0.1, 0.15) is 0 Å². The Hall–Kier alpha value is -0.820. The zero-order valence-electron chi connectivity index (χ0n) is 10.2. The van der Waals surface area contributed by atoms with E-state index in [0.29, 0.717) is 5.41 Å². The second-order valence-electron chi connectivity index (χ2n) is 5.65. The molecule has 16 heavy (non-hydrogen) atoms. The summed E-state index contributed by atoms with van der Waals surface area (Å²) in [6.45, 7) is 4.78. The molecule has 0 radical (unpaired) electrons. The van der Waals surface area contributed by atoms with E-state index in [4.69, 9.17) is 0 Å². The molecule has 1 aromatic rings. The Morgan fingerprint density at radius 3 is 2.62 bits per heavy atom. The lowest BCUT2D eigenvalue weighted by molar-refractivity contribution is 0.335. The second-order valence-corrected chi connectivity index (χ2v) is 5.65. The number of hydrogen-bond acceptors (Lipinski definition) is 1. The minimum Gasteiger partial charge on any atom is -0.317 e. The van der Waals surface area contributed by atoms with Gasteiger partial charge in [-0.3, -0.25) is 0 Å². The van der Waals surface area contributed by atoms with Crippen LogP contribution in [0.2, 0.25) is 0 Å². The SMILES string of the molecule is CC1(c2ccc3c(c2)CCC3)CCNCC1. The van der Waals surface area contributed by atoms with Gasteiger partial charge in [0.05, 0.1) is 0 Å². The van der Waals surface area contributed by atoms with Crippen molar-refractivity contribution in [3.63, 3.8) is 0 Å². The fourth-order valence-electron chi connectivity index (χ4n) is 3.21. The van der Waals surface area contributed by atoms with Crippen molar-refractivity contribution in [1.29, 1.82) is 0 Å². The van der Waals surface area contributed by atoms with E-state index < -0.39 is 0 Å². The Morgan fingerprint density at radius 2 is 1.81 bits per heavy atom. The van der Waals surface area contributed by atoms with E-state index in [9.17, 15) is 0 Å². The molecule has 2 aliphatic rings. The maximum atomic E-state index is 3.46. The van der Waals surface area contributed by atoms with Crippen molar-refractivity contribution in [3.05, 3.63) is 34.9 Å². The Balaban J connectivity index is 1.93. The van der Waals surface area contributed by atoms with Crippen LogP contribution in [0.4, 0.5) is 0 Å². The van der Waals surface area contributed by atoms with E-state index >= 15 is 0 Å². The van der Waals surface area contributed by atoms with Crippen molar-refractivity contribution in [1.82, 2.24) is 5.32 Å². The summed E-state index contributed by atoms with van der Waals surface area (Å²) in [6, 6.07) is 7.26. The monoisotopic (exact) mass is 215 g/mol. The molecule has 1 heteroatoms. The average molecular weight is 215 g/mol. The van der Waals surface area contributed by atoms with Gasteiger partial charge in [-0.05, 0) is 67.3 Å². The molecule has 0 saturated carbocycles. The van der Waals surface area contributed by atoms with Crippen molar-refractivity contribution in [2.45, 2.75) is 44.4 Å². The van der Waals surface area contributed by atoms with E-state index in [1.54, 1.807) is 16.7 Å². The number of rotatable bonds is 1. The number of fused-ring (bicyclic) bond motifs is 1. The highest BCUT2D eigenvalue weighted by Gasteiger charge is 2.29. The van der Waals surface area contributed by atoms with E-state index in [0.717, 1.165) is 0 Å². The molecular weight excluding hydrogens is 194 g/mol. The van der Waals surface area contributed by atoms with Crippen LogP contribution >= 0.6 is 0 Å². The molecule has 86 valence electrons. The third-order valence-electron chi connectivity index (χ3n) is 4.50. The molecule has 0 bridgehead atoms. The molecular formula is C15H21N. The Labute approximate surface area is 98.3 Å². The van der Waals surface area contributed by atoms with Gasteiger partial charge in [0.15, 0.2) is 0 Å². The van der Waals surface area contributed by atoms with Crippen LogP contribution in [0.1, 0.15) is 42.9 Å². The van der Waals surface area contributed by atoms with Crippen molar-refractivity contribution in [2.75, 3.05) is 13.1 Å². The molecule has 0 aromatic heterocycles. The molecule has 1 N–H and O–H groups in total. The summed E-state index contributed by atoms with van der Waals surface area (Å²) in [5.41, 5.74) is 5.22. The lowest BCUT2D eigenvalue weighted by atomic mass is 9.74. The zero-order chi connectivity index (χ0) is 11.0. The Kier molecular flexibility index (Phi) is 2.51. The molecule has 0 unspecified atom stereocenters. The van der Waals surface area contributed by atoms with Crippen molar-refractivity contribution in [3.8, 4) is 0 Å². The Bertz CT molecular complexity index is 388. The molecule has 1 saturated heterocycles. The lowest BCUT2D eigenvalue weighted by Gasteiger charge is -2.35. The zero-order valence-corrected chi connectivity index (χ0v) is 10.2. The van der Waals surface area contributed by atoms with Gasteiger partial charge in [-0.25, -0.2) is 0 Å². The van der Waals surface area contributed by atoms with Gasteiger partial charge in [-0.2, -0.15) is 0 Å². The minimum absolute atomic E-state index is 0.420. The van der Waals surface area contributed by atoms with Crippen LogP contribution in [0.5, 0.6) is 0 Å². The molecule has 0 atom stereocenters. The highest BCUT2D eigenvalue weighted by Crippen LogP contribution is 2.35. The van der Waals surface area contributed by atoms with E-state index in [1.807, 2.05) is 0 Å². The molecule has 3 rings (SSSR count). The molecule has 0 amide bonds. The smallest absolute Gasteiger partial charge is 0.00405 e. The first kappa shape index (κ1) is 10.3. The summed E-state index contributed by atoms with van der Waals surface area (Å²) >= 11 is 0. The van der Waals surface area contributed by atoms with E-state index in [-0.39, 0.29) is 0 Å². The molecule has 0 spiro atoms. The van der Waals surface area contributed by atoms with E-state index in [2.05, 4.69) is 30.4 Å². The standard InChI is InChI=1S/C15H21N/c1-15(7-9-16-10-8-15)14-6-5-12-3-2-4-13(12)11-14/h5-6,11,16H,2-4,7-10H2,1H3. The van der Waals surface area contributed by atoms with Crippen LogP contribution in [0.15, 0.2) is 18.2 Å². The van der Waals surface area contributed by atoms with Gasteiger partial charge in [0, 0.05) is 0 Å². The number of hydrogen-bond donors (Lipinski definition) is 1. The van der Waals surface area contributed by atoms with Gasteiger partial charge in [0.2, 0.25) is 0 Å². The topological polar surface area (TPSA) is 12.0 Å². The highest BCUT2D eigenvalue weighted by molar-refractivity contribution is 5.38. The summed E-state index contributed by atoms with van der Waals surface area (Å²) in [6.07, 6.45) is 6.53. The number of nitrogens with one attached hydrogen (secondary N) is 1. The molecule has 1 fully saturated rings. The van der Waals surface area contributed by atoms with Crippen LogP contribution in [0.25, 0.3) is 0 Å². The van der Waals surface area contributed by atoms with Crippen molar-refractivity contribution in [2.24, 2.45) is 0 Å². The first-order chi connectivity index (χ1) is 7.78. The molecule has 1 aliphatic heterocycles. The molecule has 1 heterocycles. The summed E-state index contributed by atoms with van der Waals surface area (Å²) in [4.78, 5) is 0.